The molecule has 0 spiro atoms. The zero-order valence-electron chi connectivity index (χ0n) is 19.9. The van der Waals surface area contributed by atoms with Gasteiger partial charge in [0.1, 0.15) is 7.05 Å². The van der Waals surface area contributed by atoms with Crippen molar-refractivity contribution in [2.45, 2.75) is 6.92 Å². The van der Waals surface area contributed by atoms with E-state index in [9.17, 15) is 0 Å². The lowest BCUT2D eigenvalue weighted by atomic mass is 9.95. The molecule has 0 saturated heterocycles. The summed E-state index contributed by atoms with van der Waals surface area (Å²) in [5.41, 5.74) is 7.48. The van der Waals surface area contributed by atoms with Crippen molar-refractivity contribution in [1.29, 1.82) is 0 Å². The Hall–Kier alpha value is -4.43. The van der Waals surface area contributed by atoms with Crippen LogP contribution in [0.1, 0.15) is 5.56 Å². The van der Waals surface area contributed by atoms with Crippen molar-refractivity contribution in [3.63, 3.8) is 0 Å². The molecule has 0 N–H and O–H groups in total. The highest BCUT2D eigenvalue weighted by molar-refractivity contribution is 6.09. The van der Waals surface area contributed by atoms with Crippen molar-refractivity contribution in [2.75, 3.05) is 0 Å². The van der Waals surface area contributed by atoms with Crippen molar-refractivity contribution < 1.29 is 4.57 Å². The SMILES string of the molecule is Cc1c(-c2c3cc(-n4c5ccccc5c5ccccc54)ccc3cc[n+]2C)ccc2ccccc12. The predicted octanol–water partition coefficient (Wildman–Crippen LogP) is 7.89. The molecule has 0 unspecified atom stereocenters. The van der Waals surface area contributed by atoms with Crippen LogP contribution >= 0.6 is 0 Å². The summed E-state index contributed by atoms with van der Waals surface area (Å²) in [6.07, 6.45) is 2.17. The van der Waals surface area contributed by atoms with E-state index in [4.69, 9.17) is 0 Å². The van der Waals surface area contributed by atoms with Gasteiger partial charge in [-0.25, -0.2) is 4.57 Å². The van der Waals surface area contributed by atoms with Crippen LogP contribution in [0.5, 0.6) is 0 Å². The van der Waals surface area contributed by atoms with Gasteiger partial charge in [-0.15, -0.1) is 0 Å². The highest BCUT2D eigenvalue weighted by Crippen LogP contribution is 2.36. The van der Waals surface area contributed by atoms with Crippen molar-refractivity contribution >= 4 is 43.4 Å². The molecule has 2 nitrogen and oxygen atoms in total. The van der Waals surface area contributed by atoms with Gasteiger partial charge < -0.3 is 4.57 Å². The average Bonchev–Trinajstić information content (AvgIpc) is 3.24. The average molecular weight is 450 g/mol. The fourth-order valence-corrected chi connectivity index (χ4v) is 5.71. The summed E-state index contributed by atoms with van der Waals surface area (Å²) in [4.78, 5) is 0. The summed E-state index contributed by atoms with van der Waals surface area (Å²) in [7, 11) is 2.15. The van der Waals surface area contributed by atoms with Gasteiger partial charge in [-0.1, -0.05) is 72.8 Å². The molecule has 35 heavy (non-hydrogen) atoms. The summed E-state index contributed by atoms with van der Waals surface area (Å²) in [6, 6.07) is 39.6. The van der Waals surface area contributed by atoms with Crippen LogP contribution in [0.2, 0.25) is 0 Å². The van der Waals surface area contributed by atoms with Gasteiger partial charge >= 0.3 is 0 Å². The minimum atomic E-state index is 1.18. The highest BCUT2D eigenvalue weighted by Gasteiger charge is 2.20. The van der Waals surface area contributed by atoms with Crippen molar-refractivity contribution in [2.24, 2.45) is 7.05 Å². The lowest BCUT2D eigenvalue weighted by Gasteiger charge is -2.13. The fraction of sp³-hybridized carbons (Fsp3) is 0.0606. The first-order chi connectivity index (χ1) is 17.2. The van der Waals surface area contributed by atoms with Crippen LogP contribution < -0.4 is 4.57 Å². The topological polar surface area (TPSA) is 8.81 Å². The molecule has 0 bridgehead atoms. The first-order valence-corrected chi connectivity index (χ1v) is 12.1. The second-order valence-corrected chi connectivity index (χ2v) is 9.38. The van der Waals surface area contributed by atoms with E-state index in [-0.39, 0.29) is 0 Å². The van der Waals surface area contributed by atoms with Crippen LogP contribution in [0.3, 0.4) is 0 Å². The summed E-state index contributed by atoms with van der Waals surface area (Å²) < 4.78 is 4.66. The summed E-state index contributed by atoms with van der Waals surface area (Å²) in [5, 5.41) is 7.66. The second-order valence-electron chi connectivity index (χ2n) is 9.38. The molecule has 0 aliphatic heterocycles. The molecule has 0 aliphatic carbocycles. The fourth-order valence-electron chi connectivity index (χ4n) is 5.71. The number of fused-ring (bicyclic) bond motifs is 5. The minimum absolute atomic E-state index is 1.18. The third kappa shape index (κ3) is 2.93. The predicted molar refractivity (Wildman–Crippen MR) is 147 cm³/mol. The van der Waals surface area contributed by atoms with Gasteiger partial charge in [-0.2, -0.15) is 0 Å². The van der Waals surface area contributed by atoms with Crippen molar-refractivity contribution in [3.05, 3.63) is 121 Å². The summed E-state index contributed by atoms with van der Waals surface area (Å²) in [5.74, 6) is 0. The van der Waals surface area contributed by atoms with Crippen LogP contribution in [0.15, 0.2) is 115 Å². The van der Waals surface area contributed by atoms with E-state index in [1.807, 2.05) is 0 Å². The van der Waals surface area contributed by atoms with E-state index in [2.05, 4.69) is 138 Å². The Labute approximate surface area is 204 Å². The number of aromatic nitrogens is 2. The van der Waals surface area contributed by atoms with Gasteiger partial charge in [0.15, 0.2) is 6.20 Å². The molecule has 2 aromatic heterocycles. The van der Waals surface area contributed by atoms with Crippen LogP contribution in [-0.2, 0) is 7.05 Å². The molecule has 7 aromatic rings. The maximum absolute atomic E-state index is 2.40. The molecule has 0 amide bonds. The van der Waals surface area contributed by atoms with E-state index in [0.717, 1.165) is 0 Å². The standard InChI is InChI=1S/C33H25N2/c1-22-26-10-4-3-9-23(26)16-18-27(22)33-30-21-25(17-15-24(30)19-20-34(33)2)35-31-13-7-5-11-28(31)29-12-6-8-14-32(29)35/h3-21H,1-2H3/q+1. The molecule has 0 atom stereocenters. The molecular formula is C33H25N2+. The molecule has 7 rings (SSSR count). The Bertz CT molecular complexity index is 1870. The van der Waals surface area contributed by atoms with E-state index in [1.54, 1.807) is 0 Å². The Balaban J connectivity index is 1.56. The molecule has 5 aromatic carbocycles. The van der Waals surface area contributed by atoms with Gasteiger partial charge in [0.2, 0.25) is 5.69 Å². The smallest absolute Gasteiger partial charge is 0.220 e. The number of rotatable bonds is 2. The molecule has 2 heterocycles. The van der Waals surface area contributed by atoms with Crippen LogP contribution in [0, 0.1) is 6.92 Å². The Morgan fingerprint density at radius 3 is 1.91 bits per heavy atom. The van der Waals surface area contributed by atoms with Crippen LogP contribution in [-0.4, -0.2) is 4.57 Å². The summed E-state index contributed by atoms with van der Waals surface area (Å²) >= 11 is 0. The van der Waals surface area contributed by atoms with E-state index < -0.39 is 0 Å². The normalized spacial score (nSPS) is 11.7. The number of aryl methyl sites for hydroxylation is 2. The zero-order valence-corrected chi connectivity index (χ0v) is 19.9. The number of para-hydroxylation sites is 2. The maximum Gasteiger partial charge on any atom is 0.220 e. The Morgan fingerprint density at radius 1 is 0.571 bits per heavy atom. The molecule has 166 valence electrons. The Morgan fingerprint density at radius 2 is 1.17 bits per heavy atom. The molecule has 2 heteroatoms. The number of pyridine rings is 1. The van der Waals surface area contributed by atoms with Gasteiger partial charge in [0.25, 0.3) is 0 Å². The first kappa shape index (κ1) is 20.0. The number of hydrogen-bond donors (Lipinski definition) is 0. The van der Waals surface area contributed by atoms with Gasteiger partial charge in [-0.05, 0) is 59.0 Å². The molecule has 0 aliphatic rings. The summed E-state index contributed by atoms with van der Waals surface area (Å²) in [6.45, 7) is 2.24. The molecule has 0 saturated carbocycles. The Kier molecular flexibility index (Phi) is 4.31. The largest absolute Gasteiger partial charge is 0.309 e. The third-order valence-corrected chi connectivity index (χ3v) is 7.41. The minimum Gasteiger partial charge on any atom is -0.309 e. The van der Waals surface area contributed by atoms with Gasteiger partial charge in [-0.3, -0.25) is 0 Å². The number of benzene rings is 5. The highest BCUT2D eigenvalue weighted by atomic mass is 15.0. The van der Waals surface area contributed by atoms with E-state index in [0.29, 0.717) is 0 Å². The van der Waals surface area contributed by atoms with Crippen LogP contribution in [0.25, 0.3) is 60.3 Å². The zero-order chi connectivity index (χ0) is 23.5. The molecule has 0 fully saturated rings. The lowest BCUT2D eigenvalue weighted by molar-refractivity contribution is -0.659. The van der Waals surface area contributed by atoms with Crippen molar-refractivity contribution in [1.82, 2.24) is 4.57 Å². The van der Waals surface area contributed by atoms with E-state index >= 15 is 0 Å². The van der Waals surface area contributed by atoms with Crippen molar-refractivity contribution in [3.8, 4) is 16.9 Å². The monoisotopic (exact) mass is 449 g/mol. The molecular weight excluding hydrogens is 424 g/mol. The van der Waals surface area contributed by atoms with Gasteiger partial charge in [0.05, 0.1) is 22.0 Å². The third-order valence-electron chi connectivity index (χ3n) is 7.41. The lowest BCUT2D eigenvalue weighted by Crippen LogP contribution is -2.30. The van der Waals surface area contributed by atoms with E-state index in [1.165, 1.54) is 65.9 Å². The molecule has 0 radical (unpaired) electrons. The second kappa shape index (κ2) is 7.54. The first-order valence-electron chi connectivity index (χ1n) is 12.1. The van der Waals surface area contributed by atoms with Crippen LogP contribution in [0.4, 0.5) is 0 Å². The maximum atomic E-state index is 2.40. The van der Waals surface area contributed by atoms with Gasteiger partial charge in [0, 0.05) is 22.5 Å². The number of nitrogens with zero attached hydrogens (tertiary/aromatic N) is 2. The number of hydrogen-bond acceptors (Lipinski definition) is 0. The quantitative estimate of drug-likeness (QED) is 0.237.